The number of aromatic nitrogens is 3. The van der Waals surface area contributed by atoms with E-state index >= 15 is 0 Å². The molecule has 0 aromatic carbocycles. The van der Waals surface area contributed by atoms with Crippen LogP contribution in [0.25, 0.3) is 5.52 Å². The molecule has 0 aliphatic carbocycles. The Balaban J connectivity index is 2.48. The third kappa shape index (κ3) is 2.87. The van der Waals surface area contributed by atoms with Gasteiger partial charge in [0.05, 0.1) is 5.69 Å². The van der Waals surface area contributed by atoms with Gasteiger partial charge in [-0.25, -0.2) is 9.50 Å². The Hall–Kier alpha value is -1.62. The van der Waals surface area contributed by atoms with Crippen LogP contribution in [0.5, 0.6) is 0 Å². The molecule has 2 heterocycles. The second-order valence-corrected chi connectivity index (χ2v) is 6.60. The van der Waals surface area contributed by atoms with Gasteiger partial charge in [-0.15, -0.1) is 0 Å². The largest absolute Gasteiger partial charge is 0.362 e. The topological polar surface area (TPSA) is 68.2 Å². The van der Waals surface area contributed by atoms with E-state index < -0.39 is 0 Å². The van der Waals surface area contributed by atoms with Crippen molar-refractivity contribution in [3.05, 3.63) is 24.2 Å². The van der Waals surface area contributed by atoms with Crippen molar-refractivity contribution in [3.63, 3.8) is 0 Å². The van der Waals surface area contributed by atoms with Crippen LogP contribution in [0.4, 0.5) is 5.82 Å². The summed E-state index contributed by atoms with van der Waals surface area (Å²) in [6, 6.07) is 2.09. The average molecular weight is 261 g/mol. The molecule has 2 aromatic heterocycles. The van der Waals surface area contributed by atoms with Crippen LogP contribution in [0.2, 0.25) is 0 Å². The third-order valence-electron chi connectivity index (χ3n) is 3.13. The van der Waals surface area contributed by atoms with Crippen LogP contribution in [-0.2, 0) is 5.41 Å². The van der Waals surface area contributed by atoms with Crippen LogP contribution in [0.3, 0.4) is 0 Å². The average Bonchev–Trinajstić information content (AvgIpc) is 2.73. The quantitative estimate of drug-likeness (QED) is 0.888. The van der Waals surface area contributed by atoms with E-state index in [2.05, 4.69) is 56.1 Å². The molecule has 5 heteroatoms. The summed E-state index contributed by atoms with van der Waals surface area (Å²) in [7, 11) is 0. The standard InChI is InChI=1S/C14H23N5/c1-13(2,3)11-8-10-12(17-14(4,5)9-15)16-6-7-19(10)18-11/h6-8H,9,15H2,1-5H3,(H,16,17). The van der Waals surface area contributed by atoms with Crippen molar-refractivity contribution in [2.45, 2.75) is 45.6 Å². The van der Waals surface area contributed by atoms with Crippen LogP contribution < -0.4 is 11.1 Å². The molecule has 0 aliphatic heterocycles. The minimum atomic E-state index is -0.193. The van der Waals surface area contributed by atoms with Crippen molar-refractivity contribution in [1.82, 2.24) is 14.6 Å². The SMILES string of the molecule is CC(C)(CN)Nc1nccn2nc(C(C)(C)C)cc12. The maximum absolute atomic E-state index is 5.76. The number of rotatable bonds is 3. The van der Waals surface area contributed by atoms with Crippen LogP contribution in [0, 0.1) is 0 Å². The summed E-state index contributed by atoms with van der Waals surface area (Å²) in [6.07, 6.45) is 3.62. The van der Waals surface area contributed by atoms with Gasteiger partial charge in [-0.05, 0) is 19.9 Å². The second kappa shape index (κ2) is 4.49. The Bertz CT molecular complexity index is 577. The van der Waals surface area contributed by atoms with Gasteiger partial charge in [0, 0.05) is 29.9 Å². The molecule has 0 saturated heterocycles. The molecule has 0 radical (unpaired) electrons. The molecule has 2 rings (SSSR count). The van der Waals surface area contributed by atoms with E-state index in [1.54, 1.807) is 6.20 Å². The third-order valence-corrected chi connectivity index (χ3v) is 3.13. The Morgan fingerprint density at radius 1 is 1.26 bits per heavy atom. The van der Waals surface area contributed by atoms with E-state index in [9.17, 15) is 0 Å². The zero-order chi connectivity index (χ0) is 14.3. The highest BCUT2D eigenvalue weighted by Crippen LogP contribution is 2.25. The highest BCUT2D eigenvalue weighted by Gasteiger charge is 2.21. The lowest BCUT2D eigenvalue weighted by atomic mass is 9.92. The Labute approximate surface area is 114 Å². The first kappa shape index (κ1) is 13.8. The summed E-state index contributed by atoms with van der Waals surface area (Å²) in [5.41, 5.74) is 7.62. The first-order valence-electron chi connectivity index (χ1n) is 6.56. The summed E-state index contributed by atoms with van der Waals surface area (Å²) >= 11 is 0. The van der Waals surface area contributed by atoms with Crippen molar-refractivity contribution in [3.8, 4) is 0 Å². The van der Waals surface area contributed by atoms with Crippen LogP contribution >= 0.6 is 0 Å². The Kier molecular flexibility index (Phi) is 3.26. The smallest absolute Gasteiger partial charge is 0.152 e. The van der Waals surface area contributed by atoms with Gasteiger partial charge >= 0.3 is 0 Å². The second-order valence-electron chi connectivity index (χ2n) is 6.60. The van der Waals surface area contributed by atoms with Gasteiger partial charge in [-0.1, -0.05) is 20.8 Å². The predicted octanol–water partition coefficient (Wildman–Crippen LogP) is 2.18. The molecule has 0 fully saturated rings. The first-order chi connectivity index (χ1) is 8.73. The zero-order valence-corrected chi connectivity index (χ0v) is 12.4. The van der Waals surface area contributed by atoms with Crippen LogP contribution in [-0.4, -0.2) is 26.7 Å². The number of anilines is 1. The van der Waals surface area contributed by atoms with Gasteiger partial charge in [0.25, 0.3) is 0 Å². The molecule has 5 nitrogen and oxygen atoms in total. The molecular weight excluding hydrogens is 238 g/mol. The maximum atomic E-state index is 5.76. The lowest BCUT2D eigenvalue weighted by Crippen LogP contribution is -2.39. The van der Waals surface area contributed by atoms with E-state index in [-0.39, 0.29) is 11.0 Å². The molecule has 0 spiro atoms. The Morgan fingerprint density at radius 2 is 1.95 bits per heavy atom. The van der Waals surface area contributed by atoms with Gasteiger partial charge in [-0.3, -0.25) is 0 Å². The summed E-state index contributed by atoms with van der Waals surface area (Å²) in [6.45, 7) is 11.1. The number of nitrogens with one attached hydrogen (secondary N) is 1. The number of fused-ring (bicyclic) bond motifs is 1. The van der Waals surface area contributed by atoms with Crippen molar-refractivity contribution < 1.29 is 0 Å². The fourth-order valence-electron chi connectivity index (χ4n) is 1.76. The first-order valence-corrected chi connectivity index (χ1v) is 6.56. The summed E-state index contributed by atoms with van der Waals surface area (Å²) in [5.74, 6) is 0.820. The van der Waals surface area contributed by atoms with E-state index in [1.165, 1.54) is 0 Å². The highest BCUT2D eigenvalue weighted by atomic mass is 15.2. The molecule has 3 N–H and O–H groups in total. The summed E-state index contributed by atoms with van der Waals surface area (Å²) < 4.78 is 1.86. The summed E-state index contributed by atoms with van der Waals surface area (Å²) in [4.78, 5) is 4.41. The van der Waals surface area contributed by atoms with Gasteiger partial charge in [0.15, 0.2) is 5.82 Å². The molecule has 104 valence electrons. The van der Waals surface area contributed by atoms with Crippen molar-refractivity contribution in [2.75, 3.05) is 11.9 Å². The van der Waals surface area contributed by atoms with Gasteiger partial charge in [-0.2, -0.15) is 5.10 Å². The van der Waals surface area contributed by atoms with E-state index in [1.807, 2.05) is 10.7 Å². The van der Waals surface area contributed by atoms with Crippen molar-refractivity contribution in [2.24, 2.45) is 5.73 Å². The van der Waals surface area contributed by atoms with Crippen molar-refractivity contribution in [1.29, 1.82) is 0 Å². The minimum Gasteiger partial charge on any atom is -0.362 e. The van der Waals surface area contributed by atoms with Crippen molar-refractivity contribution >= 4 is 11.3 Å². The molecule has 0 atom stereocenters. The lowest BCUT2D eigenvalue weighted by molar-refractivity contribution is 0.562. The van der Waals surface area contributed by atoms with Crippen LogP contribution in [0.1, 0.15) is 40.3 Å². The molecule has 0 bridgehead atoms. The fourth-order valence-corrected chi connectivity index (χ4v) is 1.76. The lowest BCUT2D eigenvalue weighted by Gasteiger charge is -2.25. The molecule has 2 aromatic rings. The monoisotopic (exact) mass is 261 g/mol. The number of nitrogens with zero attached hydrogens (tertiary/aromatic N) is 3. The van der Waals surface area contributed by atoms with E-state index in [0.717, 1.165) is 17.0 Å². The number of hydrogen-bond donors (Lipinski definition) is 2. The molecule has 0 amide bonds. The maximum Gasteiger partial charge on any atom is 0.152 e. The molecular formula is C14H23N5. The number of nitrogens with two attached hydrogens (primary N) is 1. The minimum absolute atomic E-state index is 0.0205. The zero-order valence-electron chi connectivity index (χ0n) is 12.4. The van der Waals surface area contributed by atoms with Gasteiger partial charge in [0.1, 0.15) is 5.52 Å². The normalized spacial score (nSPS) is 12.9. The van der Waals surface area contributed by atoms with Crippen LogP contribution in [0.15, 0.2) is 18.5 Å². The van der Waals surface area contributed by atoms with E-state index in [0.29, 0.717) is 6.54 Å². The molecule has 0 aliphatic rings. The predicted molar refractivity (Wildman–Crippen MR) is 78.4 cm³/mol. The molecule has 0 saturated carbocycles. The van der Waals surface area contributed by atoms with Gasteiger partial charge < -0.3 is 11.1 Å². The number of hydrogen-bond acceptors (Lipinski definition) is 4. The fraction of sp³-hybridized carbons (Fsp3) is 0.571. The Morgan fingerprint density at radius 3 is 2.53 bits per heavy atom. The molecule has 0 unspecified atom stereocenters. The van der Waals surface area contributed by atoms with Gasteiger partial charge in [0.2, 0.25) is 0 Å². The summed E-state index contributed by atoms with van der Waals surface area (Å²) in [5, 5.41) is 7.98. The highest BCUT2D eigenvalue weighted by molar-refractivity contribution is 5.68. The van der Waals surface area contributed by atoms with E-state index in [4.69, 9.17) is 5.73 Å². The molecule has 19 heavy (non-hydrogen) atoms.